The van der Waals surface area contributed by atoms with Gasteiger partial charge in [-0.3, -0.25) is 19.7 Å². The van der Waals surface area contributed by atoms with Gasteiger partial charge in [-0.1, -0.05) is 22.6 Å². The van der Waals surface area contributed by atoms with Crippen molar-refractivity contribution in [3.63, 3.8) is 0 Å². The second-order valence-electron chi connectivity index (χ2n) is 6.60. The molecule has 0 bridgehead atoms. The Labute approximate surface area is 184 Å². The summed E-state index contributed by atoms with van der Waals surface area (Å²) in [5.74, 6) is -3.29. The molecule has 0 aliphatic carbocycles. The summed E-state index contributed by atoms with van der Waals surface area (Å²) in [4.78, 5) is 38.7. The highest BCUT2D eigenvalue weighted by Gasteiger charge is 2.22. The zero-order valence-electron chi connectivity index (χ0n) is 16.7. The normalized spacial score (nSPS) is 12.1. The second-order valence-corrected chi connectivity index (χ2v) is 9.68. The molecule has 0 atom stereocenters. The van der Waals surface area contributed by atoms with Crippen molar-refractivity contribution >= 4 is 54.7 Å². The molecule has 0 fully saturated rings. The smallest absolute Gasteiger partial charge is 0.270 e. The van der Waals surface area contributed by atoms with Crippen molar-refractivity contribution in [2.24, 2.45) is 4.99 Å². The Morgan fingerprint density at radius 1 is 1.38 bits per heavy atom. The summed E-state index contributed by atoms with van der Waals surface area (Å²) in [5.41, 5.74) is 0.454. The fraction of sp³-hybridized carbons (Fsp3) is 0.222. The Hall–Kier alpha value is -3.65. The number of fused-ring (bicyclic) bond motifs is 1. The summed E-state index contributed by atoms with van der Waals surface area (Å²) in [5, 5.41) is 16.8. The number of hydrogen-bond donors (Lipinski definition) is 1. The summed E-state index contributed by atoms with van der Waals surface area (Å²) < 4.78 is 31.4. The zero-order valence-corrected chi connectivity index (χ0v) is 18.3. The number of anilines is 1. The third kappa shape index (κ3) is 5.53. The highest BCUT2D eigenvalue weighted by Crippen LogP contribution is 2.23. The fourth-order valence-corrected chi connectivity index (χ4v) is 4.85. The van der Waals surface area contributed by atoms with Crippen molar-refractivity contribution in [2.45, 2.75) is 13.5 Å². The van der Waals surface area contributed by atoms with Crippen LogP contribution < -0.4 is 10.1 Å². The van der Waals surface area contributed by atoms with E-state index in [1.54, 1.807) is 17.6 Å². The van der Waals surface area contributed by atoms with Gasteiger partial charge in [-0.15, -0.1) is 6.58 Å². The summed E-state index contributed by atoms with van der Waals surface area (Å²) in [6.07, 6.45) is 1.55. The van der Waals surface area contributed by atoms with E-state index in [-0.39, 0.29) is 22.9 Å². The number of nitrogens with one attached hydrogen (secondary N) is 1. The van der Waals surface area contributed by atoms with Gasteiger partial charge in [-0.05, 0) is 13.0 Å². The van der Waals surface area contributed by atoms with Crippen LogP contribution in [0, 0.1) is 17.0 Å². The molecule has 0 spiro atoms. The highest BCUT2D eigenvalue weighted by atomic mass is 32.2. The number of carbonyl (C=O) groups is 2. The first-order valence-corrected chi connectivity index (χ1v) is 11.6. The molecule has 1 N–H and O–H groups in total. The molecule has 2 heterocycles. The number of nitro groups is 1. The van der Waals surface area contributed by atoms with Crippen molar-refractivity contribution in [3.8, 4) is 0 Å². The van der Waals surface area contributed by atoms with Gasteiger partial charge >= 0.3 is 0 Å². The van der Waals surface area contributed by atoms with E-state index in [9.17, 15) is 28.1 Å². The van der Waals surface area contributed by atoms with Crippen LogP contribution in [0.1, 0.15) is 5.76 Å². The molecule has 0 radical (unpaired) electrons. The molecule has 2 aromatic heterocycles. The maximum absolute atomic E-state index is 12.3. The van der Waals surface area contributed by atoms with Crippen LogP contribution in [0.3, 0.4) is 0 Å². The molecule has 0 unspecified atom stereocenters. The molecule has 14 heteroatoms. The topological polar surface area (TPSA) is 167 Å². The van der Waals surface area contributed by atoms with Crippen LogP contribution in [0.4, 0.5) is 11.5 Å². The number of carbonyl (C=O) groups excluding carboxylic acids is 2. The number of sulfone groups is 1. The Morgan fingerprint density at radius 3 is 2.75 bits per heavy atom. The molecular weight excluding hydrogens is 462 g/mol. The standard InChI is InChI=1S/C18H17N5O7S2/c1-3-6-22-13-5-4-12(23(26)27)8-14(13)31-18(22)20-17(25)10-32(28,29)9-16(24)19-15-7-11(2)30-21-15/h3-5,7-8H,1,6,9-10H2,2H3,(H,19,21,24). The van der Waals surface area contributed by atoms with E-state index >= 15 is 0 Å². The lowest BCUT2D eigenvalue weighted by molar-refractivity contribution is -0.384. The molecule has 3 rings (SSSR count). The summed E-state index contributed by atoms with van der Waals surface area (Å²) in [6.45, 7) is 5.48. The molecule has 12 nitrogen and oxygen atoms in total. The maximum atomic E-state index is 12.3. The van der Waals surface area contributed by atoms with E-state index < -0.39 is 38.1 Å². The lowest BCUT2D eigenvalue weighted by Crippen LogP contribution is -2.28. The minimum absolute atomic E-state index is 0.0588. The first kappa shape index (κ1) is 23.0. The summed E-state index contributed by atoms with van der Waals surface area (Å²) in [7, 11) is -4.11. The Kier molecular flexibility index (Phi) is 6.64. The third-order valence-electron chi connectivity index (χ3n) is 4.00. The third-order valence-corrected chi connectivity index (χ3v) is 6.43. The molecule has 1 aromatic carbocycles. The minimum atomic E-state index is -4.11. The Bertz CT molecular complexity index is 1400. The van der Waals surface area contributed by atoms with Gasteiger partial charge in [0.15, 0.2) is 20.5 Å². The van der Waals surface area contributed by atoms with Crippen LogP contribution in [-0.4, -0.2) is 46.4 Å². The SMILES string of the molecule is C=CCn1c(=NC(=O)CS(=O)(=O)CC(=O)Nc2cc(C)on2)sc2cc([N+](=O)[O-])ccc21. The largest absolute Gasteiger partial charge is 0.360 e. The quantitative estimate of drug-likeness (QED) is 0.289. The molecule has 2 amide bonds. The predicted octanol–water partition coefficient (Wildman–Crippen LogP) is 1.57. The van der Waals surface area contributed by atoms with Gasteiger partial charge in [0.05, 0.1) is 15.1 Å². The van der Waals surface area contributed by atoms with Gasteiger partial charge in [0.25, 0.3) is 11.6 Å². The van der Waals surface area contributed by atoms with Crippen LogP contribution >= 0.6 is 11.3 Å². The van der Waals surface area contributed by atoms with E-state index in [0.717, 1.165) is 11.3 Å². The van der Waals surface area contributed by atoms with Crippen LogP contribution in [0.25, 0.3) is 10.2 Å². The summed E-state index contributed by atoms with van der Waals surface area (Å²) >= 11 is 0.998. The van der Waals surface area contributed by atoms with Crippen LogP contribution in [0.15, 0.2) is 46.4 Å². The zero-order chi connectivity index (χ0) is 23.5. The number of aromatic nitrogens is 2. The molecule has 0 aliphatic rings. The number of nitrogens with zero attached hydrogens (tertiary/aromatic N) is 4. The number of aryl methyl sites for hydroxylation is 1. The number of non-ortho nitro benzene ring substituents is 1. The van der Waals surface area contributed by atoms with Crippen molar-refractivity contribution in [2.75, 3.05) is 16.8 Å². The van der Waals surface area contributed by atoms with Crippen molar-refractivity contribution in [1.82, 2.24) is 9.72 Å². The maximum Gasteiger partial charge on any atom is 0.270 e. The fourth-order valence-electron chi connectivity index (χ4n) is 2.75. The number of amides is 2. The van der Waals surface area contributed by atoms with E-state index in [2.05, 4.69) is 22.0 Å². The van der Waals surface area contributed by atoms with Crippen LogP contribution in [-0.2, 0) is 26.0 Å². The first-order chi connectivity index (χ1) is 15.1. The first-order valence-electron chi connectivity index (χ1n) is 8.98. The molecular formula is C18H17N5O7S2. The minimum Gasteiger partial charge on any atom is -0.360 e. The number of allylic oxidation sites excluding steroid dienone is 1. The monoisotopic (exact) mass is 479 g/mol. The van der Waals surface area contributed by atoms with E-state index in [4.69, 9.17) is 4.52 Å². The van der Waals surface area contributed by atoms with Crippen LogP contribution in [0.5, 0.6) is 0 Å². The van der Waals surface area contributed by atoms with E-state index in [0.29, 0.717) is 16.0 Å². The number of thiazole rings is 1. The average Bonchev–Trinajstić information content (AvgIpc) is 3.23. The lowest BCUT2D eigenvalue weighted by atomic mass is 10.3. The number of nitro benzene ring substituents is 1. The van der Waals surface area contributed by atoms with Gasteiger partial charge < -0.3 is 14.4 Å². The van der Waals surface area contributed by atoms with Crippen molar-refractivity contribution < 1.29 is 27.5 Å². The molecule has 0 aliphatic heterocycles. The average molecular weight is 479 g/mol. The predicted molar refractivity (Wildman–Crippen MR) is 116 cm³/mol. The van der Waals surface area contributed by atoms with Crippen molar-refractivity contribution in [1.29, 1.82) is 0 Å². The molecule has 3 aromatic rings. The van der Waals surface area contributed by atoms with E-state index in [1.807, 2.05) is 0 Å². The van der Waals surface area contributed by atoms with Gasteiger partial charge in [0.2, 0.25) is 5.91 Å². The molecule has 0 saturated carbocycles. The van der Waals surface area contributed by atoms with Gasteiger partial charge in [0, 0.05) is 24.7 Å². The van der Waals surface area contributed by atoms with Gasteiger partial charge in [-0.2, -0.15) is 4.99 Å². The second kappa shape index (κ2) is 9.23. The Balaban J connectivity index is 1.81. The van der Waals surface area contributed by atoms with Crippen molar-refractivity contribution in [3.05, 3.63) is 57.6 Å². The summed E-state index contributed by atoms with van der Waals surface area (Å²) in [6, 6.07) is 5.59. The Morgan fingerprint density at radius 2 is 2.12 bits per heavy atom. The molecule has 32 heavy (non-hydrogen) atoms. The lowest BCUT2D eigenvalue weighted by Gasteiger charge is -2.03. The number of rotatable bonds is 8. The molecule has 168 valence electrons. The number of hydrogen-bond acceptors (Lipinski definition) is 9. The van der Waals surface area contributed by atoms with E-state index in [1.165, 1.54) is 24.3 Å². The van der Waals surface area contributed by atoms with Crippen LogP contribution in [0.2, 0.25) is 0 Å². The highest BCUT2D eigenvalue weighted by molar-refractivity contribution is 7.92. The van der Waals surface area contributed by atoms with Gasteiger partial charge in [0.1, 0.15) is 17.3 Å². The molecule has 0 saturated heterocycles. The number of benzene rings is 1. The van der Waals surface area contributed by atoms with Gasteiger partial charge in [-0.25, -0.2) is 8.42 Å².